The zero-order valence-electron chi connectivity index (χ0n) is 21.0. The third-order valence-corrected chi connectivity index (χ3v) is 8.22. The fraction of sp³-hybridized carbons (Fsp3) is 0.0667. The van der Waals surface area contributed by atoms with E-state index in [9.17, 15) is 13.2 Å². The Morgan fingerprint density at radius 1 is 0.821 bits per heavy atom. The summed E-state index contributed by atoms with van der Waals surface area (Å²) in [4.78, 5) is 18.6. The predicted molar refractivity (Wildman–Crippen MR) is 158 cm³/mol. The smallest absolute Gasteiger partial charge is 0.261 e. The number of aryl methyl sites for hydroxylation is 1. The van der Waals surface area contributed by atoms with Gasteiger partial charge in [-0.2, -0.15) is 0 Å². The number of hydrogen-bond acceptors (Lipinski definition) is 4. The van der Waals surface area contributed by atoms with Crippen LogP contribution < -0.4 is 10.0 Å². The third kappa shape index (κ3) is 5.61. The van der Waals surface area contributed by atoms with Crippen molar-refractivity contribution in [1.29, 1.82) is 0 Å². The van der Waals surface area contributed by atoms with Crippen LogP contribution >= 0.6 is 23.2 Å². The SMILES string of the molecule is Cc1ccc(S(=O)(=O)Nc2ccc(NC(=O)c3c(C)c(-c4ccc(Cl)cc4Cl)nc4ccccc34)cc2)cc1. The Balaban J connectivity index is 1.44. The van der Waals surface area contributed by atoms with Crippen molar-refractivity contribution in [1.82, 2.24) is 4.98 Å². The molecule has 0 aliphatic carbocycles. The van der Waals surface area contributed by atoms with E-state index >= 15 is 0 Å². The number of sulfonamides is 1. The second kappa shape index (κ2) is 10.7. The van der Waals surface area contributed by atoms with Crippen molar-refractivity contribution in [2.75, 3.05) is 10.0 Å². The highest BCUT2D eigenvalue weighted by Crippen LogP contribution is 2.35. The average Bonchev–Trinajstić information content (AvgIpc) is 2.90. The summed E-state index contributed by atoms with van der Waals surface area (Å²) in [5.74, 6) is -0.328. The Labute approximate surface area is 236 Å². The van der Waals surface area contributed by atoms with Gasteiger partial charge < -0.3 is 5.32 Å². The maximum Gasteiger partial charge on any atom is 0.261 e. The van der Waals surface area contributed by atoms with Crippen LogP contribution in [0.25, 0.3) is 22.2 Å². The predicted octanol–water partition coefficient (Wildman–Crippen LogP) is 7.88. The molecule has 0 saturated carbocycles. The summed E-state index contributed by atoms with van der Waals surface area (Å²) in [6.07, 6.45) is 0. The highest BCUT2D eigenvalue weighted by Gasteiger charge is 2.21. The van der Waals surface area contributed by atoms with E-state index in [4.69, 9.17) is 28.2 Å². The number of amides is 1. The number of nitrogens with one attached hydrogen (secondary N) is 2. The number of anilines is 2. The van der Waals surface area contributed by atoms with Gasteiger partial charge >= 0.3 is 0 Å². The van der Waals surface area contributed by atoms with Crippen LogP contribution in [0.3, 0.4) is 0 Å². The molecule has 0 aliphatic rings. The van der Waals surface area contributed by atoms with E-state index in [2.05, 4.69) is 10.0 Å². The maximum absolute atomic E-state index is 13.6. The number of carbonyl (C=O) groups excluding carboxylic acids is 1. The first-order chi connectivity index (χ1) is 18.6. The zero-order valence-corrected chi connectivity index (χ0v) is 23.3. The largest absolute Gasteiger partial charge is 0.322 e. The van der Waals surface area contributed by atoms with Gasteiger partial charge in [-0.3, -0.25) is 9.52 Å². The summed E-state index contributed by atoms with van der Waals surface area (Å²) in [5, 5.41) is 4.56. The lowest BCUT2D eigenvalue weighted by Gasteiger charge is -2.16. The summed E-state index contributed by atoms with van der Waals surface area (Å²) in [6, 6.07) is 25.6. The van der Waals surface area contributed by atoms with Crippen molar-refractivity contribution in [2.45, 2.75) is 18.7 Å². The fourth-order valence-corrected chi connectivity index (χ4v) is 5.85. The number of aromatic nitrogens is 1. The van der Waals surface area contributed by atoms with Gasteiger partial charge in [0.2, 0.25) is 0 Å². The van der Waals surface area contributed by atoms with E-state index in [1.54, 1.807) is 66.7 Å². The molecule has 0 radical (unpaired) electrons. The zero-order chi connectivity index (χ0) is 27.7. The summed E-state index contributed by atoms with van der Waals surface area (Å²) >= 11 is 12.6. The van der Waals surface area contributed by atoms with E-state index in [1.165, 1.54) is 0 Å². The van der Waals surface area contributed by atoms with Crippen molar-refractivity contribution in [3.05, 3.63) is 118 Å². The standard InChI is InChI=1S/C30H23Cl2N3O3S/c1-18-7-14-23(15-8-18)39(37,38)35-22-12-10-21(11-13-22)33-30(36)28-19(2)29(24-16-9-20(31)17-26(24)32)34-27-6-4-3-5-25(27)28/h3-17,35H,1-2H3,(H,33,36). The molecule has 1 aromatic heterocycles. The third-order valence-electron chi connectivity index (χ3n) is 6.28. The Kier molecular flexibility index (Phi) is 7.32. The Bertz CT molecular complexity index is 1820. The molecule has 5 aromatic rings. The van der Waals surface area contributed by atoms with E-state index in [0.29, 0.717) is 54.7 Å². The first-order valence-electron chi connectivity index (χ1n) is 12.0. The van der Waals surface area contributed by atoms with Gasteiger partial charge in [0.15, 0.2) is 0 Å². The molecule has 0 aliphatic heterocycles. The van der Waals surface area contributed by atoms with Crippen LogP contribution in [0.4, 0.5) is 11.4 Å². The molecule has 196 valence electrons. The van der Waals surface area contributed by atoms with Crippen LogP contribution in [0, 0.1) is 13.8 Å². The number of hydrogen-bond donors (Lipinski definition) is 2. The Hall–Kier alpha value is -3.91. The van der Waals surface area contributed by atoms with Crippen molar-refractivity contribution < 1.29 is 13.2 Å². The number of carbonyl (C=O) groups is 1. The van der Waals surface area contributed by atoms with Crippen molar-refractivity contribution >= 4 is 61.4 Å². The second-order valence-electron chi connectivity index (χ2n) is 9.05. The highest BCUT2D eigenvalue weighted by atomic mass is 35.5. The number of rotatable bonds is 6. The van der Waals surface area contributed by atoms with Crippen LogP contribution in [0.1, 0.15) is 21.5 Å². The number of nitrogens with zero attached hydrogens (tertiary/aromatic N) is 1. The van der Waals surface area contributed by atoms with Crippen LogP contribution in [0.5, 0.6) is 0 Å². The summed E-state index contributed by atoms with van der Waals surface area (Å²) < 4.78 is 28.0. The summed E-state index contributed by atoms with van der Waals surface area (Å²) in [7, 11) is -3.74. The molecule has 0 saturated heterocycles. The lowest BCUT2D eigenvalue weighted by Crippen LogP contribution is -2.16. The number of para-hydroxylation sites is 1. The molecule has 0 atom stereocenters. The fourth-order valence-electron chi connectivity index (χ4n) is 4.29. The lowest BCUT2D eigenvalue weighted by atomic mass is 9.97. The molecule has 1 amide bonds. The van der Waals surface area contributed by atoms with Gasteiger partial charge in [-0.15, -0.1) is 0 Å². The molecular weight excluding hydrogens is 553 g/mol. The Morgan fingerprint density at radius 2 is 1.49 bits per heavy atom. The van der Waals surface area contributed by atoms with Crippen LogP contribution in [0.15, 0.2) is 95.9 Å². The maximum atomic E-state index is 13.6. The molecule has 4 aromatic carbocycles. The molecule has 9 heteroatoms. The lowest BCUT2D eigenvalue weighted by molar-refractivity contribution is 0.102. The van der Waals surface area contributed by atoms with Gasteiger partial charge in [-0.05, 0) is 80.1 Å². The van der Waals surface area contributed by atoms with Crippen molar-refractivity contribution in [3.63, 3.8) is 0 Å². The van der Waals surface area contributed by atoms with E-state index in [0.717, 1.165) is 5.56 Å². The Morgan fingerprint density at radius 3 is 2.18 bits per heavy atom. The second-order valence-corrected chi connectivity index (χ2v) is 11.6. The summed E-state index contributed by atoms with van der Waals surface area (Å²) in [5.41, 5.74) is 4.88. The highest BCUT2D eigenvalue weighted by molar-refractivity contribution is 7.92. The van der Waals surface area contributed by atoms with Gasteiger partial charge in [0.1, 0.15) is 0 Å². The van der Waals surface area contributed by atoms with Gasteiger partial charge in [0.05, 0.1) is 26.7 Å². The molecular formula is C30H23Cl2N3O3S. The molecule has 2 N–H and O–H groups in total. The minimum Gasteiger partial charge on any atom is -0.322 e. The molecule has 39 heavy (non-hydrogen) atoms. The molecule has 0 bridgehead atoms. The van der Waals surface area contributed by atoms with Crippen LogP contribution in [-0.4, -0.2) is 19.3 Å². The average molecular weight is 577 g/mol. The topological polar surface area (TPSA) is 88.2 Å². The van der Waals surface area contributed by atoms with Gasteiger partial charge in [-0.1, -0.05) is 59.1 Å². The van der Waals surface area contributed by atoms with Gasteiger partial charge in [0.25, 0.3) is 15.9 Å². The monoisotopic (exact) mass is 575 g/mol. The number of pyridine rings is 1. The molecule has 0 unspecified atom stereocenters. The molecule has 1 heterocycles. The molecule has 5 rings (SSSR count). The number of halogens is 2. The quantitative estimate of drug-likeness (QED) is 0.215. The van der Waals surface area contributed by atoms with Crippen LogP contribution in [0.2, 0.25) is 10.0 Å². The van der Waals surface area contributed by atoms with E-state index in [-0.39, 0.29) is 10.8 Å². The molecule has 0 fully saturated rings. The van der Waals surface area contributed by atoms with Gasteiger partial charge in [0, 0.05) is 27.3 Å². The van der Waals surface area contributed by atoms with Crippen molar-refractivity contribution in [2.24, 2.45) is 0 Å². The minimum absolute atomic E-state index is 0.169. The minimum atomic E-state index is -3.74. The van der Waals surface area contributed by atoms with Gasteiger partial charge in [-0.25, -0.2) is 13.4 Å². The van der Waals surface area contributed by atoms with Crippen molar-refractivity contribution in [3.8, 4) is 11.3 Å². The number of fused-ring (bicyclic) bond motifs is 1. The van der Waals surface area contributed by atoms with E-state index < -0.39 is 10.0 Å². The first kappa shape index (κ1) is 26.7. The van der Waals surface area contributed by atoms with E-state index in [1.807, 2.05) is 38.1 Å². The summed E-state index contributed by atoms with van der Waals surface area (Å²) in [6.45, 7) is 3.72. The molecule has 6 nitrogen and oxygen atoms in total. The molecule has 0 spiro atoms. The van der Waals surface area contributed by atoms with Crippen LogP contribution in [-0.2, 0) is 10.0 Å². The normalized spacial score (nSPS) is 11.4. The number of benzene rings is 4. The first-order valence-corrected chi connectivity index (χ1v) is 14.2.